The first-order valence-electron chi connectivity index (χ1n) is 8.72. The van der Waals surface area contributed by atoms with Crippen LogP contribution in [0, 0.1) is 28.6 Å². The molecule has 0 aromatic heterocycles. The van der Waals surface area contributed by atoms with Crippen LogP contribution in [-0.2, 0) is 14.9 Å². The van der Waals surface area contributed by atoms with Gasteiger partial charge in [-0.15, -0.1) is 0 Å². The predicted octanol–water partition coefficient (Wildman–Crippen LogP) is 3.98. The van der Waals surface area contributed by atoms with Gasteiger partial charge in [0.25, 0.3) is 0 Å². The second-order valence-corrected chi connectivity index (χ2v) is 8.06. The molecule has 0 radical (unpaired) electrons. The summed E-state index contributed by atoms with van der Waals surface area (Å²) in [6.07, 6.45) is 5.82. The first-order valence-corrected chi connectivity index (χ1v) is 8.72. The fraction of sp³-hybridized carbons (Fsp3) is 0.600. The Hall–Kier alpha value is -1.82. The molecule has 0 heterocycles. The molecule has 0 spiro atoms. The van der Waals surface area contributed by atoms with Gasteiger partial charge in [-0.05, 0) is 68.3 Å². The number of carbonyl (C=O) groups excluding carboxylic acids is 1. The van der Waals surface area contributed by atoms with Crippen LogP contribution in [0.15, 0.2) is 30.3 Å². The van der Waals surface area contributed by atoms with E-state index in [-0.39, 0.29) is 16.8 Å². The molecular formula is C20H23NO2. The average molecular weight is 309 g/mol. The number of nitriles is 1. The van der Waals surface area contributed by atoms with Gasteiger partial charge in [0, 0.05) is 0 Å². The van der Waals surface area contributed by atoms with Gasteiger partial charge in [0.1, 0.15) is 6.07 Å². The summed E-state index contributed by atoms with van der Waals surface area (Å²) in [7, 11) is 0. The summed E-state index contributed by atoms with van der Waals surface area (Å²) in [4.78, 5) is 12.9. The predicted molar refractivity (Wildman–Crippen MR) is 86.4 cm³/mol. The van der Waals surface area contributed by atoms with E-state index in [1.807, 2.05) is 6.07 Å². The van der Waals surface area contributed by atoms with Crippen LogP contribution in [0.1, 0.15) is 51.0 Å². The molecule has 4 aliphatic rings. The molecule has 3 heteroatoms. The van der Waals surface area contributed by atoms with Gasteiger partial charge in [-0.25, -0.2) is 0 Å². The van der Waals surface area contributed by atoms with Crippen molar-refractivity contribution in [2.24, 2.45) is 17.3 Å². The molecule has 2 unspecified atom stereocenters. The van der Waals surface area contributed by atoms with Gasteiger partial charge in [0.2, 0.25) is 0 Å². The van der Waals surface area contributed by atoms with E-state index >= 15 is 0 Å². The van der Waals surface area contributed by atoms with E-state index in [9.17, 15) is 4.79 Å². The lowest BCUT2D eigenvalue weighted by Crippen LogP contribution is -2.57. The van der Waals surface area contributed by atoms with Crippen molar-refractivity contribution < 1.29 is 9.53 Å². The van der Waals surface area contributed by atoms with Crippen LogP contribution in [0.25, 0.3) is 0 Å². The summed E-state index contributed by atoms with van der Waals surface area (Å²) >= 11 is 0. The second kappa shape index (κ2) is 5.09. The fourth-order valence-electron chi connectivity index (χ4n) is 5.94. The molecule has 0 aliphatic heterocycles. The Kier molecular flexibility index (Phi) is 3.27. The molecular weight excluding hydrogens is 286 g/mol. The maximum atomic E-state index is 12.9. The number of ether oxygens (including phenoxy) is 1. The SMILES string of the molecule is C[C@@H](C#N)OC(=O)C12C[C@H]3C[C@@H](C1)CC(c1ccccc1)(C3)C2. The normalized spacial score (nSPS) is 38.8. The molecule has 0 saturated heterocycles. The molecule has 1 aromatic rings. The van der Waals surface area contributed by atoms with E-state index in [1.165, 1.54) is 24.8 Å². The Balaban J connectivity index is 1.69. The zero-order valence-electron chi connectivity index (χ0n) is 13.6. The molecule has 5 rings (SSSR count). The highest BCUT2D eigenvalue weighted by molar-refractivity contribution is 5.78. The quantitative estimate of drug-likeness (QED) is 0.794. The lowest BCUT2D eigenvalue weighted by atomic mass is 9.43. The van der Waals surface area contributed by atoms with Crippen molar-refractivity contribution >= 4 is 5.97 Å². The molecule has 3 nitrogen and oxygen atoms in total. The van der Waals surface area contributed by atoms with Crippen LogP contribution in [0.3, 0.4) is 0 Å². The van der Waals surface area contributed by atoms with E-state index in [0.717, 1.165) is 19.3 Å². The molecule has 4 saturated carbocycles. The number of hydrogen-bond acceptors (Lipinski definition) is 3. The van der Waals surface area contributed by atoms with Crippen molar-refractivity contribution in [2.75, 3.05) is 0 Å². The third-order valence-corrected chi connectivity index (χ3v) is 6.35. The Morgan fingerprint density at radius 3 is 2.48 bits per heavy atom. The Morgan fingerprint density at radius 1 is 1.22 bits per heavy atom. The summed E-state index contributed by atoms with van der Waals surface area (Å²) < 4.78 is 5.47. The largest absolute Gasteiger partial charge is 0.447 e. The molecule has 0 amide bonds. The van der Waals surface area contributed by atoms with Crippen LogP contribution in [0.4, 0.5) is 0 Å². The van der Waals surface area contributed by atoms with Crippen LogP contribution in [0.2, 0.25) is 0 Å². The first-order chi connectivity index (χ1) is 11.1. The number of carbonyl (C=O) groups is 1. The number of nitrogens with zero attached hydrogens (tertiary/aromatic N) is 1. The van der Waals surface area contributed by atoms with E-state index in [1.54, 1.807) is 6.92 Å². The molecule has 5 atom stereocenters. The van der Waals surface area contributed by atoms with Gasteiger partial charge in [0.05, 0.1) is 5.41 Å². The molecule has 23 heavy (non-hydrogen) atoms. The van der Waals surface area contributed by atoms with Crippen molar-refractivity contribution in [1.82, 2.24) is 0 Å². The second-order valence-electron chi connectivity index (χ2n) is 8.06. The Morgan fingerprint density at radius 2 is 1.87 bits per heavy atom. The maximum Gasteiger partial charge on any atom is 0.313 e. The average Bonchev–Trinajstić information content (AvgIpc) is 2.54. The van der Waals surface area contributed by atoms with E-state index in [2.05, 4.69) is 30.3 Å². The highest BCUT2D eigenvalue weighted by atomic mass is 16.5. The van der Waals surface area contributed by atoms with E-state index in [0.29, 0.717) is 11.8 Å². The van der Waals surface area contributed by atoms with Crippen molar-refractivity contribution in [3.8, 4) is 6.07 Å². The topological polar surface area (TPSA) is 50.1 Å². The van der Waals surface area contributed by atoms with Crippen molar-refractivity contribution in [2.45, 2.75) is 57.0 Å². The lowest BCUT2D eigenvalue weighted by molar-refractivity contribution is -0.176. The summed E-state index contributed by atoms with van der Waals surface area (Å²) in [6, 6.07) is 12.8. The molecule has 4 bridgehead atoms. The molecule has 0 N–H and O–H groups in total. The van der Waals surface area contributed by atoms with Crippen LogP contribution in [0.5, 0.6) is 0 Å². The minimum absolute atomic E-state index is 0.124. The number of rotatable bonds is 3. The summed E-state index contributed by atoms with van der Waals surface area (Å²) in [6.45, 7) is 1.66. The van der Waals surface area contributed by atoms with Gasteiger partial charge in [-0.1, -0.05) is 30.3 Å². The third-order valence-electron chi connectivity index (χ3n) is 6.35. The van der Waals surface area contributed by atoms with E-state index < -0.39 is 6.10 Å². The Bertz CT molecular complexity index is 646. The van der Waals surface area contributed by atoms with Crippen LogP contribution >= 0.6 is 0 Å². The van der Waals surface area contributed by atoms with Crippen molar-refractivity contribution in [3.63, 3.8) is 0 Å². The van der Waals surface area contributed by atoms with Gasteiger partial charge >= 0.3 is 5.97 Å². The smallest absolute Gasteiger partial charge is 0.313 e. The zero-order valence-corrected chi connectivity index (χ0v) is 13.6. The number of hydrogen-bond donors (Lipinski definition) is 0. The van der Waals surface area contributed by atoms with Gasteiger partial charge in [-0.3, -0.25) is 4.79 Å². The minimum Gasteiger partial charge on any atom is -0.447 e. The van der Waals surface area contributed by atoms with Crippen LogP contribution in [-0.4, -0.2) is 12.1 Å². The van der Waals surface area contributed by atoms with E-state index in [4.69, 9.17) is 10.00 Å². The van der Waals surface area contributed by atoms with Crippen molar-refractivity contribution in [1.29, 1.82) is 5.26 Å². The van der Waals surface area contributed by atoms with Crippen LogP contribution < -0.4 is 0 Å². The fourth-order valence-corrected chi connectivity index (χ4v) is 5.94. The lowest BCUT2D eigenvalue weighted by Gasteiger charge is -2.61. The maximum absolute atomic E-state index is 12.9. The summed E-state index contributed by atoms with van der Waals surface area (Å²) in [5, 5.41) is 8.97. The highest BCUT2D eigenvalue weighted by Gasteiger charge is 2.61. The monoisotopic (exact) mass is 309 g/mol. The molecule has 4 aliphatic carbocycles. The highest BCUT2D eigenvalue weighted by Crippen LogP contribution is 2.66. The van der Waals surface area contributed by atoms with Gasteiger partial charge in [-0.2, -0.15) is 5.26 Å². The summed E-state index contributed by atoms with van der Waals surface area (Å²) in [5.41, 5.74) is 1.17. The molecule has 1 aromatic carbocycles. The molecule has 120 valence electrons. The summed E-state index contributed by atoms with van der Waals surface area (Å²) in [5.74, 6) is 1.13. The van der Waals surface area contributed by atoms with Crippen molar-refractivity contribution in [3.05, 3.63) is 35.9 Å². The zero-order chi connectivity index (χ0) is 16.1. The minimum atomic E-state index is -0.650. The first kappa shape index (κ1) is 14.8. The number of esters is 1. The third kappa shape index (κ3) is 2.27. The number of benzene rings is 1. The Labute approximate surface area is 137 Å². The standard InChI is InChI=1S/C20H23NO2/c1-14(12-21)23-18(22)20-10-15-7-16(11-20)9-19(8-15,13-20)17-5-3-2-4-6-17/h2-6,14-16H,7-11,13H2,1H3/t14-,15-,16+,19?,20?/m0/s1. The molecule has 4 fully saturated rings. The van der Waals surface area contributed by atoms with Gasteiger partial charge in [0.15, 0.2) is 6.10 Å². The van der Waals surface area contributed by atoms with Gasteiger partial charge < -0.3 is 4.74 Å².